The lowest BCUT2D eigenvalue weighted by molar-refractivity contribution is 0.0812. The molecule has 1 aromatic carbocycles. The fourth-order valence-corrected chi connectivity index (χ4v) is 2.74. The minimum absolute atomic E-state index is 0.279. The van der Waals surface area contributed by atoms with Crippen molar-refractivity contribution in [3.05, 3.63) is 34.1 Å². The molecule has 1 aliphatic heterocycles. The third-order valence-electron chi connectivity index (χ3n) is 3.33. The highest BCUT2D eigenvalue weighted by Gasteiger charge is 2.18. The van der Waals surface area contributed by atoms with Crippen molar-refractivity contribution in [2.75, 3.05) is 6.61 Å². The maximum absolute atomic E-state index is 13.3. The lowest BCUT2D eigenvalue weighted by Gasteiger charge is -2.14. The molecule has 4 heteroatoms. The number of hydrogen-bond donors (Lipinski definition) is 1. The van der Waals surface area contributed by atoms with Gasteiger partial charge in [0.25, 0.3) is 0 Å². The summed E-state index contributed by atoms with van der Waals surface area (Å²) < 4.78 is 19.3. The molecule has 0 aromatic heterocycles. The minimum atomic E-state index is -0.438. The van der Waals surface area contributed by atoms with Gasteiger partial charge in [0.2, 0.25) is 0 Å². The van der Waals surface area contributed by atoms with Crippen molar-refractivity contribution in [1.29, 1.82) is 0 Å². The molecule has 0 saturated carbocycles. The van der Waals surface area contributed by atoms with Gasteiger partial charge in [-0.15, -0.1) is 0 Å². The van der Waals surface area contributed by atoms with E-state index in [2.05, 4.69) is 15.9 Å². The summed E-state index contributed by atoms with van der Waals surface area (Å²) in [6.07, 6.45) is 4.14. The lowest BCUT2D eigenvalue weighted by atomic mass is 10.0. The third kappa shape index (κ3) is 3.77. The highest BCUT2D eigenvalue weighted by atomic mass is 79.9. The average molecular weight is 317 g/mol. The van der Waals surface area contributed by atoms with E-state index < -0.39 is 6.10 Å². The number of aliphatic hydroxyl groups excluding tert-OH is 1. The van der Waals surface area contributed by atoms with Gasteiger partial charge in [-0.05, 0) is 59.7 Å². The predicted octanol–water partition coefficient (Wildman–Crippen LogP) is 3.45. The van der Waals surface area contributed by atoms with E-state index in [1.165, 1.54) is 6.07 Å². The minimum Gasteiger partial charge on any atom is -0.393 e. The van der Waals surface area contributed by atoms with Gasteiger partial charge in [-0.25, -0.2) is 4.39 Å². The van der Waals surface area contributed by atoms with Crippen molar-refractivity contribution < 1.29 is 14.2 Å². The van der Waals surface area contributed by atoms with Gasteiger partial charge in [0, 0.05) is 6.61 Å². The molecular formula is C14H18BrFO2. The maximum Gasteiger partial charge on any atom is 0.137 e. The summed E-state index contributed by atoms with van der Waals surface area (Å²) in [6.45, 7) is 0.843. The van der Waals surface area contributed by atoms with E-state index >= 15 is 0 Å². The van der Waals surface area contributed by atoms with Gasteiger partial charge in [-0.1, -0.05) is 12.1 Å². The first-order chi connectivity index (χ1) is 8.66. The van der Waals surface area contributed by atoms with E-state index in [4.69, 9.17) is 4.74 Å². The molecule has 2 nitrogen and oxygen atoms in total. The molecule has 0 bridgehead atoms. The molecule has 0 amide bonds. The van der Waals surface area contributed by atoms with Crippen LogP contribution in [0, 0.1) is 5.82 Å². The number of rotatable bonds is 5. The van der Waals surface area contributed by atoms with Crippen LogP contribution >= 0.6 is 15.9 Å². The van der Waals surface area contributed by atoms with Crippen molar-refractivity contribution in [1.82, 2.24) is 0 Å². The summed E-state index contributed by atoms with van der Waals surface area (Å²) in [6, 6.07) is 4.91. The monoisotopic (exact) mass is 316 g/mol. The van der Waals surface area contributed by atoms with Crippen LogP contribution in [0.3, 0.4) is 0 Å². The number of aliphatic hydroxyl groups is 1. The molecule has 18 heavy (non-hydrogen) atoms. The number of ether oxygens (including phenoxy) is 1. The number of hydrogen-bond acceptors (Lipinski definition) is 2. The molecule has 1 heterocycles. The van der Waals surface area contributed by atoms with Crippen LogP contribution in [0.2, 0.25) is 0 Å². The van der Waals surface area contributed by atoms with Crippen LogP contribution in [-0.4, -0.2) is 23.9 Å². The highest BCUT2D eigenvalue weighted by Crippen LogP contribution is 2.23. The number of halogens is 2. The Kier molecular flexibility index (Phi) is 5.15. The van der Waals surface area contributed by atoms with Crippen LogP contribution in [0.25, 0.3) is 0 Å². The zero-order valence-corrected chi connectivity index (χ0v) is 11.8. The Hall–Kier alpha value is -0.450. The molecule has 1 saturated heterocycles. The third-order valence-corrected chi connectivity index (χ3v) is 4.22. The summed E-state index contributed by atoms with van der Waals surface area (Å²) >= 11 is 3.22. The molecule has 2 unspecified atom stereocenters. The van der Waals surface area contributed by atoms with Crippen LogP contribution in [0.5, 0.6) is 0 Å². The summed E-state index contributed by atoms with van der Waals surface area (Å²) in [5, 5.41) is 9.98. The molecule has 0 aliphatic carbocycles. The Morgan fingerprint density at radius 1 is 1.50 bits per heavy atom. The highest BCUT2D eigenvalue weighted by molar-refractivity contribution is 9.10. The van der Waals surface area contributed by atoms with Crippen molar-refractivity contribution in [3.8, 4) is 0 Å². The molecule has 1 fully saturated rings. The van der Waals surface area contributed by atoms with Crippen molar-refractivity contribution in [2.45, 2.75) is 44.3 Å². The first kappa shape index (κ1) is 14.0. The second-order valence-corrected chi connectivity index (χ2v) is 5.58. The quantitative estimate of drug-likeness (QED) is 0.901. The fourth-order valence-electron chi connectivity index (χ4n) is 2.31. The largest absolute Gasteiger partial charge is 0.393 e. The summed E-state index contributed by atoms with van der Waals surface area (Å²) in [7, 11) is 0. The smallest absolute Gasteiger partial charge is 0.137 e. The zero-order chi connectivity index (χ0) is 13.0. The Balaban J connectivity index is 1.82. The molecule has 1 aromatic rings. The van der Waals surface area contributed by atoms with Crippen molar-refractivity contribution in [2.24, 2.45) is 0 Å². The van der Waals surface area contributed by atoms with Gasteiger partial charge in [0.1, 0.15) is 5.82 Å². The molecule has 1 aliphatic rings. The lowest BCUT2D eigenvalue weighted by Crippen LogP contribution is -2.15. The topological polar surface area (TPSA) is 29.5 Å². The van der Waals surface area contributed by atoms with E-state index in [1.54, 1.807) is 6.07 Å². The molecule has 0 spiro atoms. The molecule has 1 N–H and O–H groups in total. The normalized spacial score (nSPS) is 21.2. The maximum atomic E-state index is 13.3. The van der Waals surface area contributed by atoms with E-state index in [9.17, 15) is 9.50 Å². The van der Waals surface area contributed by atoms with E-state index in [0.717, 1.165) is 31.4 Å². The van der Waals surface area contributed by atoms with Crippen LogP contribution in [0.1, 0.15) is 31.2 Å². The van der Waals surface area contributed by atoms with Gasteiger partial charge in [0.15, 0.2) is 0 Å². The second-order valence-electron chi connectivity index (χ2n) is 4.78. The first-order valence-corrected chi connectivity index (χ1v) is 7.18. The second kappa shape index (κ2) is 6.64. The van der Waals surface area contributed by atoms with Gasteiger partial charge in [-0.3, -0.25) is 0 Å². The molecule has 2 atom stereocenters. The molecular weight excluding hydrogens is 299 g/mol. The van der Waals surface area contributed by atoms with Crippen molar-refractivity contribution >= 4 is 15.9 Å². The summed E-state index contributed by atoms with van der Waals surface area (Å²) in [5.74, 6) is -0.279. The molecule has 2 rings (SSSR count). The fraction of sp³-hybridized carbons (Fsp3) is 0.571. The molecule has 100 valence electrons. The molecule has 0 radical (unpaired) electrons. The van der Waals surface area contributed by atoms with Gasteiger partial charge in [0.05, 0.1) is 16.7 Å². The SMILES string of the molecule is OC(CCC1CCCO1)Cc1cccc(F)c1Br. The van der Waals surface area contributed by atoms with E-state index in [-0.39, 0.29) is 5.82 Å². The zero-order valence-electron chi connectivity index (χ0n) is 10.2. The van der Waals surface area contributed by atoms with Crippen LogP contribution in [-0.2, 0) is 11.2 Å². The Morgan fingerprint density at radius 3 is 3.06 bits per heavy atom. The predicted molar refractivity (Wildman–Crippen MR) is 72.0 cm³/mol. The average Bonchev–Trinajstić information content (AvgIpc) is 2.86. The summed E-state index contributed by atoms with van der Waals surface area (Å²) in [5.41, 5.74) is 0.815. The van der Waals surface area contributed by atoms with Crippen LogP contribution in [0.4, 0.5) is 4.39 Å². The van der Waals surface area contributed by atoms with Gasteiger partial charge < -0.3 is 9.84 Å². The standard InChI is InChI=1S/C14H18BrFO2/c15-14-10(3-1-5-13(14)16)9-11(17)6-7-12-4-2-8-18-12/h1,3,5,11-12,17H,2,4,6-9H2. The van der Waals surface area contributed by atoms with Crippen LogP contribution < -0.4 is 0 Å². The summed E-state index contributed by atoms with van der Waals surface area (Å²) in [4.78, 5) is 0. The Labute approximate surface area is 115 Å². The Bertz CT molecular complexity index is 391. The van der Waals surface area contributed by atoms with E-state index in [1.807, 2.05) is 6.07 Å². The van der Waals surface area contributed by atoms with Crippen LogP contribution in [0.15, 0.2) is 22.7 Å². The first-order valence-electron chi connectivity index (χ1n) is 6.39. The van der Waals surface area contributed by atoms with Gasteiger partial charge >= 0.3 is 0 Å². The Morgan fingerprint density at radius 2 is 2.33 bits per heavy atom. The van der Waals surface area contributed by atoms with Crippen molar-refractivity contribution in [3.63, 3.8) is 0 Å². The van der Waals surface area contributed by atoms with Gasteiger partial charge in [-0.2, -0.15) is 0 Å². The number of benzene rings is 1. The van der Waals surface area contributed by atoms with E-state index in [0.29, 0.717) is 23.4 Å².